The number of amides is 1. The van der Waals surface area contributed by atoms with Gasteiger partial charge in [-0.2, -0.15) is 5.10 Å². The monoisotopic (exact) mass is 433 g/mol. The summed E-state index contributed by atoms with van der Waals surface area (Å²) >= 11 is 5.94. The summed E-state index contributed by atoms with van der Waals surface area (Å²) in [6, 6.07) is 17.3. The predicted octanol–water partition coefficient (Wildman–Crippen LogP) is 5.29. The van der Waals surface area contributed by atoms with Crippen LogP contribution >= 0.6 is 11.6 Å². The first-order chi connectivity index (χ1) is 14.9. The van der Waals surface area contributed by atoms with Crippen LogP contribution in [0.5, 0.6) is 11.6 Å². The average Bonchev–Trinajstić information content (AvgIpc) is 3.03. The summed E-state index contributed by atoms with van der Waals surface area (Å²) in [6.45, 7) is 5.99. The van der Waals surface area contributed by atoms with Gasteiger partial charge in [0.15, 0.2) is 5.82 Å². The first-order valence-electron chi connectivity index (χ1n) is 9.62. The van der Waals surface area contributed by atoms with Gasteiger partial charge in [-0.05, 0) is 74.9 Å². The Morgan fingerprint density at radius 1 is 1.00 bits per heavy atom. The molecule has 0 fully saturated rings. The van der Waals surface area contributed by atoms with Gasteiger partial charge in [0.05, 0.1) is 5.69 Å². The predicted molar refractivity (Wildman–Crippen MR) is 119 cm³/mol. The van der Waals surface area contributed by atoms with E-state index in [1.807, 2.05) is 20.8 Å². The number of rotatable bonds is 5. The highest BCUT2D eigenvalue weighted by molar-refractivity contribution is 6.31. The van der Waals surface area contributed by atoms with E-state index in [1.54, 1.807) is 65.3 Å². The Kier molecular flexibility index (Phi) is 5.68. The summed E-state index contributed by atoms with van der Waals surface area (Å²) in [4.78, 5) is 12.3. The smallest absolute Gasteiger partial charge is 0.255 e. The third-order valence-corrected chi connectivity index (χ3v) is 5.15. The maximum atomic E-state index is 12.3. The second kappa shape index (κ2) is 8.57. The molecule has 4 rings (SSSR count). The van der Waals surface area contributed by atoms with Crippen molar-refractivity contribution in [1.29, 1.82) is 0 Å². The summed E-state index contributed by atoms with van der Waals surface area (Å²) in [7, 11) is 0. The maximum absolute atomic E-state index is 12.3. The van der Waals surface area contributed by atoms with E-state index in [1.165, 1.54) is 0 Å². The van der Waals surface area contributed by atoms with Crippen LogP contribution in [-0.4, -0.2) is 25.9 Å². The first-order valence-corrected chi connectivity index (χ1v) is 10.0. The maximum Gasteiger partial charge on any atom is 0.255 e. The van der Waals surface area contributed by atoms with Crippen LogP contribution in [0.2, 0.25) is 5.02 Å². The van der Waals surface area contributed by atoms with Crippen LogP contribution in [0, 0.1) is 20.8 Å². The number of halogens is 1. The van der Waals surface area contributed by atoms with Gasteiger partial charge in [0.25, 0.3) is 5.91 Å². The van der Waals surface area contributed by atoms with Crippen LogP contribution in [0.3, 0.4) is 0 Å². The van der Waals surface area contributed by atoms with Crippen molar-refractivity contribution in [2.45, 2.75) is 20.8 Å². The van der Waals surface area contributed by atoms with E-state index in [0.717, 1.165) is 17.0 Å². The Morgan fingerprint density at radius 3 is 2.39 bits per heavy atom. The third kappa shape index (κ3) is 4.57. The molecular formula is C23H20ClN5O2. The number of aryl methyl sites for hydroxylation is 1. The number of benzene rings is 2. The fourth-order valence-electron chi connectivity index (χ4n) is 2.98. The third-order valence-electron chi connectivity index (χ3n) is 4.92. The standard InChI is InChI=1S/C23H20ClN5O2/c1-14-15(2)28-29(16(14)3)21-11-12-22(27-26-21)31-20-9-7-19(8-10-20)25-23(30)17-5-4-6-18(24)13-17/h4-13H,1-3H3,(H,25,30). The Bertz CT molecular complexity index is 1230. The number of nitrogens with zero attached hydrogens (tertiary/aromatic N) is 4. The number of aromatic nitrogens is 4. The molecule has 31 heavy (non-hydrogen) atoms. The highest BCUT2D eigenvalue weighted by Gasteiger charge is 2.11. The number of anilines is 1. The second-order valence-corrected chi connectivity index (χ2v) is 7.46. The van der Waals surface area contributed by atoms with Gasteiger partial charge in [-0.15, -0.1) is 10.2 Å². The summed E-state index contributed by atoms with van der Waals surface area (Å²) in [5, 5.41) is 16.2. The molecule has 7 nitrogen and oxygen atoms in total. The van der Waals surface area contributed by atoms with Crippen LogP contribution in [0.1, 0.15) is 27.3 Å². The molecule has 0 unspecified atom stereocenters. The fourth-order valence-corrected chi connectivity index (χ4v) is 3.17. The molecule has 2 heterocycles. The van der Waals surface area contributed by atoms with Crippen molar-refractivity contribution in [3.8, 4) is 17.4 Å². The van der Waals surface area contributed by atoms with E-state index in [4.69, 9.17) is 16.3 Å². The van der Waals surface area contributed by atoms with Gasteiger partial charge in [-0.25, -0.2) is 4.68 Å². The number of carbonyl (C=O) groups excluding carboxylic acids is 1. The lowest BCUT2D eigenvalue weighted by Crippen LogP contribution is -2.11. The van der Waals surface area contributed by atoms with E-state index in [0.29, 0.717) is 33.7 Å². The molecule has 0 spiro atoms. The molecule has 1 amide bonds. The van der Waals surface area contributed by atoms with Gasteiger partial charge >= 0.3 is 0 Å². The minimum Gasteiger partial charge on any atom is -0.438 e. The molecule has 0 saturated heterocycles. The molecule has 0 aliphatic carbocycles. The highest BCUT2D eigenvalue weighted by atomic mass is 35.5. The van der Waals surface area contributed by atoms with Crippen molar-refractivity contribution in [1.82, 2.24) is 20.0 Å². The lowest BCUT2D eigenvalue weighted by molar-refractivity contribution is 0.102. The van der Waals surface area contributed by atoms with Gasteiger partial charge in [0.2, 0.25) is 5.88 Å². The number of hydrogen-bond donors (Lipinski definition) is 1. The van der Waals surface area contributed by atoms with Crippen LogP contribution in [-0.2, 0) is 0 Å². The van der Waals surface area contributed by atoms with Crippen LogP contribution in [0.4, 0.5) is 5.69 Å². The Morgan fingerprint density at radius 2 is 1.77 bits per heavy atom. The van der Waals surface area contributed by atoms with Crippen molar-refractivity contribution in [2.24, 2.45) is 0 Å². The summed E-state index contributed by atoms with van der Waals surface area (Å²) in [5.41, 5.74) is 4.24. The molecule has 0 radical (unpaired) electrons. The van der Waals surface area contributed by atoms with Crippen molar-refractivity contribution >= 4 is 23.2 Å². The van der Waals surface area contributed by atoms with Crippen molar-refractivity contribution < 1.29 is 9.53 Å². The van der Waals surface area contributed by atoms with Crippen LogP contribution in [0.15, 0.2) is 60.7 Å². The molecule has 4 aromatic rings. The molecule has 1 N–H and O–H groups in total. The zero-order valence-electron chi connectivity index (χ0n) is 17.3. The van der Waals surface area contributed by atoms with Crippen molar-refractivity contribution in [3.63, 3.8) is 0 Å². The zero-order valence-corrected chi connectivity index (χ0v) is 18.0. The van der Waals surface area contributed by atoms with Crippen molar-refractivity contribution in [3.05, 3.63) is 88.2 Å². The van der Waals surface area contributed by atoms with Gasteiger partial charge < -0.3 is 10.1 Å². The van der Waals surface area contributed by atoms with Gasteiger partial charge in [-0.1, -0.05) is 17.7 Å². The largest absolute Gasteiger partial charge is 0.438 e. The lowest BCUT2D eigenvalue weighted by atomic mass is 10.2. The number of nitrogens with one attached hydrogen (secondary N) is 1. The van der Waals surface area contributed by atoms with E-state index in [9.17, 15) is 4.79 Å². The summed E-state index contributed by atoms with van der Waals surface area (Å²) in [6.07, 6.45) is 0. The SMILES string of the molecule is Cc1nn(-c2ccc(Oc3ccc(NC(=O)c4cccc(Cl)c4)cc3)nn2)c(C)c1C. The van der Waals surface area contributed by atoms with Crippen molar-refractivity contribution in [2.75, 3.05) is 5.32 Å². The normalized spacial score (nSPS) is 10.7. The van der Waals surface area contributed by atoms with E-state index < -0.39 is 0 Å². The number of carbonyl (C=O) groups is 1. The van der Waals surface area contributed by atoms with Gasteiger partial charge in [0, 0.05) is 28.0 Å². The summed E-state index contributed by atoms with van der Waals surface area (Å²) < 4.78 is 7.52. The molecule has 0 saturated carbocycles. The zero-order chi connectivity index (χ0) is 22.0. The van der Waals surface area contributed by atoms with Gasteiger partial charge in [0.1, 0.15) is 5.75 Å². The van der Waals surface area contributed by atoms with Crippen LogP contribution < -0.4 is 10.1 Å². The molecular weight excluding hydrogens is 414 g/mol. The topological polar surface area (TPSA) is 81.9 Å². The first kappa shape index (κ1) is 20.6. The second-order valence-electron chi connectivity index (χ2n) is 7.03. The molecule has 0 atom stereocenters. The molecule has 156 valence electrons. The average molecular weight is 434 g/mol. The molecule has 0 aliphatic rings. The highest BCUT2D eigenvalue weighted by Crippen LogP contribution is 2.23. The fraction of sp³-hybridized carbons (Fsp3) is 0.130. The molecule has 0 bridgehead atoms. The lowest BCUT2D eigenvalue weighted by Gasteiger charge is -2.08. The Hall–Kier alpha value is -3.71. The minimum atomic E-state index is -0.239. The van der Waals surface area contributed by atoms with E-state index in [-0.39, 0.29) is 5.91 Å². The molecule has 8 heteroatoms. The molecule has 2 aromatic carbocycles. The Balaban J connectivity index is 1.42. The van der Waals surface area contributed by atoms with E-state index >= 15 is 0 Å². The molecule has 2 aromatic heterocycles. The number of hydrogen-bond acceptors (Lipinski definition) is 5. The quantitative estimate of drug-likeness (QED) is 0.462. The minimum absolute atomic E-state index is 0.239. The van der Waals surface area contributed by atoms with E-state index in [2.05, 4.69) is 20.6 Å². The molecule has 0 aliphatic heterocycles. The summed E-state index contributed by atoms with van der Waals surface area (Å²) in [5.74, 6) is 1.32. The van der Waals surface area contributed by atoms with Crippen LogP contribution in [0.25, 0.3) is 5.82 Å². The Labute approximate surface area is 184 Å². The number of ether oxygens (including phenoxy) is 1. The van der Waals surface area contributed by atoms with Gasteiger partial charge in [-0.3, -0.25) is 4.79 Å².